The molecule has 3 heterocycles. The molecule has 8 nitrogen and oxygen atoms in total. The molecule has 166 valence electrons. The Bertz CT molecular complexity index is 1250. The number of benzene rings is 1. The lowest BCUT2D eigenvalue weighted by Crippen LogP contribution is -2.31. The van der Waals surface area contributed by atoms with Crippen molar-refractivity contribution in [3.8, 4) is 0 Å². The standard InChI is InChI=1S/C21H19ClFN5O3S/c1-10-7-11(4-5-13(10)23)27-19(30)15-14-3-2-6-28(14)17(16(15)22)18(29)20(31)25-8-12-9-26-21(24)32-12/h4-5,7,9H,2-3,6,8H2,1H3,(H2,24,26)(H,25,31)(H,27,30). The number of anilines is 2. The summed E-state index contributed by atoms with van der Waals surface area (Å²) in [5.41, 5.74) is 7.08. The van der Waals surface area contributed by atoms with Crippen LogP contribution in [0, 0.1) is 12.7 Å². The van der Waals surface area contributed by atoms with Gasteiger partial charge in [-0.15, -0.1) is 11.3 Å². The van der Waals surface area contributed by atoms with E-state index in [9.17, 15) is 18.8 Å². The van der Waals surface area contributed by atoms with E-state index >= 15 is 0 Å². The molecule has 2 aromatic heterocycles. The number of hydrogen-bond donors (Lipinski definition) is 3. The lowest BCUT2D eigenvalue weighted by molar-refractivity contribution is -0.117. The van der Waals surface area contributed by atoms with Crippen molar-refractivity contribution in [2.75, 3.05) is 11.1 Å². The molecule has 1 aliphatic heterocycles. The third kappa shape index (κ3) is 4.11. The van der Waals surface area contributed by atoms with Gasteiger partial charge in [0.05, 0.1) is 17.1 Å². The first-order valence-electron chi connectivity index (χ1n) is 9.77. The molecule has 11 heteroatoms. The van der Waals surface area contributed by atoms with E-state index in [4.69, 9.17) is 17.3 Å². The highest BCUT2D eigenvalue weighted by Gasteiger charge is 2.34. The first-order valence-corrected chi connectivity index (χ1v) is 11.0. The zero-order valence-electron chi connectivity index (χ0n) is 17.0. The van der Waals surface area contributed by atoms with Gasteiger partial charge in [-0.25, -0.2) is 9.37 Å². The van der Waals surface area contributed by atoms with Gasteiger partial charge in [0.2, 0.25) is 0 Å². The first-order chi connectivity index (χ1) is 15.3. The summed E-state index contributed by atoms with van der Waals surface area (Å²) < 4.78 is 15.1. The number of ketones is 1. The van der Waals surface area contributed by atoms with E-state index in [0.717, 1.165) is 0 Å². The normalized spacial score (nSPS) is 12.5. The third-order valence-corrected chi connectivity index (χ3v) is 6.36. The second kappa shape index (κ2) is 8.71. The number of carbonyl (C=O) groups excluding carboxylic acids is 3. The lowest BCUT2D eigenvalue weighted by atomic mass is 10.1. The van der Waals surface area contributed by atoms with Crippen molar-refractivity contribution in [1.29, 1.82) is 0 Å². The van der Waals surface area contributed by atoms with Gasteiger partial charge >= 0.3 is 0 Å². The first kappa shape index (κ1) is 22.0. The number of nitrogens with zero attached hydrogens (tertiary/aromatic N) is 2. The van der Waals surface area contributed by atoms with E-state index in [2.05, 4.69) is 15.6 Å². The largest absolute Gasteiger partial charge is 0.375 e. The number of halogens is 2. The van der Waals surface area contributed by atoms with Crippen molar-refractivity contribution >= 4 is 51.4 Å². The molecule has 4 rings (SSSR count). The number of nitrogen functional groups attached to an aromatic ring is 1. The van der Waals surface area contributed by atoms with Gasteiger partial charge in [-0.05, 0) is 43.5 Å². The van der Waals surface area contributed by atoms with E-state index in [0.29, 0.717) is 46.3 Å². The quantitative estimate of drug-likeness (QED) is 0.373. The molecule has 1 aromatic carbocycles. The summed E-state index contributed by atoms with van der Waals surface area (Å²) >= 11 is 7.66. The average molecular weight is 476 g/mol. The molecular weight excluding hydrogens is 457 g/mol. The number of aromatic nitrogens is 2. The van der Waals surface area contributed by atoms with E-state index < -0.39 is 17.6 Å². The van der Waals surface area contributed by atoms with Crippen LogP contribution in [0.3, 0.4) is 0 Å². The second-order valence-electron chi connectivity index (χ2n) is 7.33. The number of aryl methyl sites for hydroxylation is 1. The van der Waals surface area contributed by atoms with E-state index in [1.165, 1.54) is 35.7 Å². The second-order valence-corrected chi connectivity index (χ2v) is 8.86. The van der Waals surface area contributed by atoms with Crippen LogP contribution < -0.4 is 16.4 Å². The highest BCUT2D eigenvalue weighted by Crippen LogP contribution is 2.34. The maximum atomic E-state index is 13.5. The minimum Gasteiger partial charge on any atom is -0.375 e. The predicted molar refractivity (Wildman–Crippen MR) is 120 cm³/mol. The Morgan fingerprint density at radius 3 is 2.81 bits per heavy atom. The van der Waals surface area contributed by atoms with Gasteiger partial charge < -0.3 is 20.9 Å². The van der Waals surface area contributed by atoms with Crippen molar-refractivity contribution in [1.82, 2.24) is 14.9 Å². The highest BCUT2D eigenvalue weighted by atomic mass is 35.5. The number of fused-ring (bicyclic) bond motifs is 1. The van der Waals surface area contributed by atoms with Crippen LogP contribution >= 0.6 is 22.9 Å². The predicted octanol–water partition coefficient (Wildman–Crippen LogP) is 3.33. The molecule has 0 saturated heterocycles. The summed E-state index contributed by atoms with van der Waals surface area (Å²) in [7, 11) is 0. The van der Waals surface area contributed by atoms with Gasteiger partial charge in [-0.2, -0.15) is 0 Å². The van der Waals surface area contributed by atoms with Crippen LogP contribution in [0.4, 0.5) is 15.2 Å². The van der Waals surface area contributed by atoms with Gasteiger partial charge in [-0.3, -0.25) is 14.4 Å². The third-order valence-electron chi connectivity index (χ3n) is 5.17. The Labute approximate surface area is 191 Å². The Morgan fingerprint density at radius 1 is 1.34 bits per heavy atom. The highest BCUT2D eigenvalue weighted by molar-refractivity contribution is 7.15. The van der Waals surface area contributed by atoms with Crippen molar-refractivity contribution in [3.63, 3.8) is 0 Å². The summed E-state index contributed by atoms with van der Waals surface area (Å²) in [5.74, 6) is -2.57. The van der Waals surface area contributed by atoms with Gasteiger partial charge in [0.1, 0.15) is 11.5 Å². The number of thiazole rings is 1. The van der Waals surface area contributed by atoms with Crippen LogP contribution in [-0.4, -0.2) is 27.1 Å². The lowest BCUT2D eigenvalue weighted by Gasteiger charge is -2.07. The Kier molecular flexibility index (Phi) is 5.98. The van der Waals surface area contributed by atoms with Crippen molar-refractivity contribution in [3.05, 3.63) is 62.6 Å². The van der Waals surface area contributed by atoms with E-state index in [1.807, 2.05) is 0 Å². The smallest absolute Gasteiger partial charge is 0.294 e. The minimum atomic E-state index is -0.841. The average Bonchev–Trinajstić information content (AvgIpc) is 3.44. The molecule has 32 heavy (non-hydrogen) atoms. The van der Waals surface area contributed by atoms with Gasteiger partial charge in [-0.1, -0.05) is 11.6 Å². The molecule has 0 unspecified atom stereocenters. The molecule has 0 bridgehead atoms. The molecule has 0 aliphatic carbocycles. The minimum absolute atomic E-state index is 0.0130. The number of Topliss-reactive ketones (excluding diaryl/α,β-unsaturated/α-hetero) is 1. The van der Waals surface area contributed by atoms with Crippen molar-refractivity contribution in [2.24, 2.45) is 0 Å². The summed E-state index contributed by atoms with van der Waals surface area (Å²) in [6.07, 6.45) is 2.77. The fourth-order valence-electron chi connectivity index (χ4n) is 3.67. The van der Waals surface area contributed by atoms with E-state index in [1.54, 1.807) is 11.5 Å². The number of nitrogens with two attached hydrogens (primary N) is 1. The summed E-state index contributed by atoms with van der Waals surface area (Å²) in [5, 5.41) is 5.52. The molecule has 3 aromatic rings. The van der Waals surface area contributed by atoms with Crippen molar-refractivity contribution in [2.45, 2.75) is 32.9 Å². The summed E-state index contributed by atoms with van der Waals surface area (Å²) in [6, 6.07) is 4.20. The van der Waals surface area contributed by atoms with Crippen LogP contribution in [0.15, 0.2) is 24.4 Å². The molecule has 0 spiro atoms. The Hall–Kier alpha value is -3.24. The SMILES string of the molecule is Cc1cc(NC(=O)c2c(Cl)c(C(=O)C(=O)NCc3cnc(N)s3)n3c2CCC3)ccc1F. The molecular formula is C21H19ClFN5O3S. The van der Waals surface area contributed by atoms with Crippen LogP contribution in [0.5, 0.6) is 0 Å². The number of carbonyl (C=O) groups is 3. The molecule has 2 amide bonds. The van der Waals surface area contributed by atoms with Gasteiger partial charge in [0.15, 0.2) is 5.13 Å². The van der Waals surface area contributed by atoms with Gasteiger partial charge in [0, 0.05) is 29.0 Å². The summed E-state index contributed by atoms with van der Waals surface area (Å²) in [4.78, 5) is 43.0. The fourth-order valence-corrected chi connectivity index (χ4v) is 4.68. The van der Waals surface area contributed by atoms with Gasteiger partial charge in [0.25, 0.3) is 17.6 Å². The van der Waals surface area contributed by atoms with Crippen LogP contribution in [-0.2, 0) is 24.3 Å². The molecule has 4 N–H and O–H groups in total. The molecule has 0 saturated carbocycles. The number of amides is 2. The summed E-state index contributed by atoms with van der Waals surface area (Å²) in [6.45, 7) is 2.16. The zero-order chi connectivity index (χ0) is 23.0. The maximum absolute atomic E-state index is 13.5. The maximum Gasteiger partial charge on any atom is 0.294 e. The topological polar surface area (TPSA) is 119 Å². The van der Waals surface area contributed by atoms with E-state index in [-0.39, 0.29) is 28.6 Å². The Morgan fingerprint density at radius 2 is 2.12 bits per heavy atom. The van der Waals surface area contributed by atoms with Crippen LogP contribution in [0.25, 0.3) is 0 Å². The Balaban J connectivity index is 1.58. The fraction of sp³-hybridized carbons (Fsp3) is 0.238. The zero-order valence-corrected chi connectivity index (χ0v) is 18.6. The molecule has 1 aliphatic rings. The molecule has 0 fully saturated rings. The van der Waals surface area contributed by atoms with Crippen molar-refractivity contribution < 1.29 is 18.8 Å². The molecule has 0 radical (unpaired) electrons. The van der Waals surface area contributed by atoms with Crippen LogP contribution in [0.1, 0.15) is 43.4 Å². The number of nitrogens with one attached hydrogen (secondary N) is 2. The molecule has 0 atom stereocenters. The van der Waals surface area contributed by atoms with Crippen LogP contribution in [0.2, 0.25) is 5.02 Å². The monoisotopic (exact) mass is 475 g/mol. The number of rotatable bonds is 6. The number of hydrogen-bond acceptors (Lipinski definition) is 6.